The predicted octanol–water partition coefficient (Wildman–Crippen LogP) is 3.11. The molecule has 3 nitrogen and oxygen atoms in total. The number of piperidine rings is 1. The molecular weight excluding hydrogens is 294 g/mol. The number of hydrogen-bond donors (Lipinski definition) is 0. The monoisotopic (exact) mass is 329 g/mol. The zero-order chi connectivity index (χ0) is 16.8. The van der Waals surface area contributed by atoms with Gasteiger partial charge in [0.05, 0.1) is 0 Å². The van der Waals surface area contributed by atoms with Crippen molar-refractivity contribution < 1.29 is 0 Å². The highest BCUT2D eigenvalue weighted by Gasteiger charge is 2.25. The average molecular weight is 330 g/mol. The minimum atomic E-state index is 0.699. The van der Waals surface area contributed by atoms with Crippen LogP contribution in [0.5, 0.6) is 0 Å². The molecule has 2 saturated heterocycles. The highest BCUT2D eigenvalue weighted by Crippen LogP contribution is 2.18. The van der Waals surface area contributed by atoms with Crippen LogP contribution in [-0.4, -0.2) is 73.1 Å². The predicted molar refractivity (Wildman–Crippen MR) is 103 cm³/mol. The number of rotatable bonds is 6. The molecule has 0 unspecified atom stereocenters. The first-order chi connectivity index (χ1) is 11.7. The second kappa shape index (κ2) is 8.98. The first kappa shape index (κ1) is 17.9. The third kappa shape index (κ3) is 5.05. The zero-order valence-corrected chi connectivity index (χ0v) is 15.7. The SMILES string of the molecule is C[C@@H](CCc1ccccc1)N1CCN(C[C@@H]2CCCCN2C)CC1. The molecule has 1 aromatic rings. The standard InChI is InChI=1S/C21H35N3/c1-19(11-12-20-8-4-3-5-9-20)24-16-14-23(15-17-24)18-21-10-6-7-13-22(21)2/h3-5,8-9,19,21H,6-7,10-18H2,1-2H3/t19-,21-/m0/s1. The van der Waals surface area contributed by atoms with E-state index in [-0.39, 0.29) is 0 Å². The van der Waals surface area contributed by atoms with Crippen LogP contribution in [0.3, 0.4) is 0 Å². The summed E-state index contributed by atoms with van der Waals surface area (Å²) in [6.07, 6.45) is 6.68. The molecule has 3 heteroatoms. The third-order valence-electron chi connectivity index (χ3n) is 6.11. The van der Waals surface area contributed by atoms with Gasteiger partial charge in [0.1, 0.15) is 0 Å². The van der Waals surface area contributed by atoms with E-state index in [4.69, 9.17) is 0 Å². The molecule has 2 aliphatic rings. The smallest absolute Gasteiger partial charge is 0.0220 e. The van der Waals surface area contributed by atoms with Crippen molar-refractivity contribution in [2.45, 2.75) is 51.1 Å². The van der Waals surface area contributed by atoms with Crippen LogP contribution in [0.4, 0.5) is 0 Å². The van der Waals surface area contributed by atoms with Crippen molar-refractivity contribution in [2.75, 3.05) is 46.3 Å². The highest BCUT2D eigenvalue weighted by atomic mass is 15.3. The van der Waals surface area contributed by atoms with Gasteiger partial charge in [0.15, 0.2) is 0 Å². The molecule has 2 heterocycles. The fourth-order valence-corrected chi connectivity index (χ4v) is 4.26. The Bertz CT molecular complexity index is 467. The van der Waals surface area contributed by atoms with Crippen molar-refractivity contribution in [3.63, 3.8) is 0 Å². The summed E-state index contributed by atoms with van der Waals surface area (Å²) in [7, 11) is 2.31. The molecule has 0 aromatic heterocycles. The summed E-state index contributed by atoms with van der Waals surface area (Å²) < 4.78 is 0. The molecular formula is C21H35N3. The maximum absolute atomic E-state index is 2.70. The van der Waals surface area contributed by atoms with E-state index in [0.717, 1.165) is 6.04 Å². The van der Waals surface area contributed by atoms with Gasteiger partial charge in [0.2, 0.25) is 0 Å². The summed E-state index contributed by atoms with van der Waals surface area (Å²) in [6.45, 7) is 9.97. The Hall–Kier alpha value is -0.900. The van der Waals surface area contributed by atoms with Gasteiger partial charge in [0.25, 0.3) is 0 Å². The lowest BCUT2D eigenvalue weighted by Crippen LogP contribution is -2.53. The summed E-state index contributed by atoms with van der Waals surface area (Å²) in [5.41, 5.74) is 1.48. The number of aryl methyl sites for hydroxylation is 1. The largest absolute Gasteiger partial charge is 0.302 e. The van der Waals surface area contributed by atoms with Crippen molar-refractivity contribution in [3.8, 4) is 0 Å². The second-order valence-electron chi connectivity index (χ2n) is 7.84. The van der Waals surface area contributed by atoms with Crippen LogP contribution in [-0.2, 0) is 6.42 Å². The summed E-state index contributed by atoms with van der Waals surface area (Å²) >= 11 is 0. The van der Waals surface area contributed by atoms with Crippen molar-refractivity contribution >= 4 is 0 Å². The van der Waals surface area contributed by atoms with Crippen molar-refractivity contribution in [1.29, 1.82) is 0 Å². The van der Waals surface area contributed by atoms with Gasteiger partial charge < -0.3 is 4.90 Å². The summed E-state index contributed by atoms with van der Waals surface area (Å²) in [4.78, 5) is 7.98. The van der Waals surface area contributed by atoms with Crippen LogP contribution >= 0.6 is 0 Å². The lowest BCUT2D eigenvalue weighted by molar-refractivity contribution is 0.0673. The second-order valence-corrected chi connectivity index (χ2v) is 7.84. The van der Waals surface area contributed by atoms with Crippen LogP contribution in [0.25, 0.3) is 0 Å². The zero-order valence-electron chi connectivity index (χ0n) is 15.7. The van der Waals surface area contributed by atoms with Crippen LogP contribution in [0, 0.1) is 0 Å². The van der Waals surface area contributed by atoms with Gasteiger partial charge in [-0.2, -0.15) is 0 Å². The van der Waals surface area contributed by atoms with Gasteiger partial charge in [-0.3, -0.25) is 9.80 Å². The summed E-state index contributed by atoms with van der Waals surface area (Å²) in [5, 5.41) is 0. The molecule has 24 heavy (non-hydrogen) atoms. The van der Waals surface area contributed by atoms with E-state index < -0.39 is 0 Å². The summed E-state index contributed by atoms with van der Waals surface area (Å²) in [6, 6.07) is 12.4. The normalized spacial score (nSPS) is 25.7. The van der Waals surface area contributed by atoms with Crippen molar-refractivity contribution in [3.05, 3.63) is 35.9 Å². The highest BCUT2D eigenvalue weighted by molar-refractivity contribution is 5.14. The minimum Gasteiger partial charge on any atom is -0.302 e. The van der Waals surface area contributed by atoms with E-state index in [0.29, 0.717) is 6.04 Å². The van der Waals surface area contributed by atoms with Gasteiger partial charge in [-0.05, 0) is 51.8 Å². The lowest BCUT2D eigenvalue weighted by atomic mass is 10.0. The Morgan fingerprint density at radius 1 is 1.00 bits per heavy atom. The van der Waals surface area contributed by atoms with Crippen LogP contribution in [0.2, 0.25) is 0 Å². The first-order valence-electron chi connectivity index (χ1n) is 9.93. The fraction of sp³-hybridized carbons (Fsp3) is 0.714. The van der Waals surface area contributed by atoms with Crippen LogP contribution < -0.4 is 0 Å². The molecule has 0 spiro atoms. The van der Waals surface area contributed by atoms with E-state index >= 15 is 0 Å². The maximum Gasteiger partial charge on any atom is 0.0220 e. The molecule has 0 bridgehead atoms. The van der Waals surface area contributed by atoms with Crippen LogP contribution in [0.1, 0.15) is 38.2 Å². The van der Waals surface area contributed by atoms with Gasteiger partial charge in [-0.25, -0.2) is 0 Å². The quantitative estimate of drug-likeness (QED) is 0.794. The molecule has 2 atom stereocenters. The Morgan fingerprint density at radius 3 is 2.46 bits per heavy atom. The molecule has 2 fully saturated rings. The fourth-order valence-electron chi connectivity index (χ4n) is 4.26. The van der Waals surface area contributed by atoms with Gasteiger partial charge in [-0.1, -0.05) is 36.8 Å². The molecule has 0 aliphatic carbocycles. The molecule has 0 radical (unpaired) electrons. The summed E-state index contributed by atoms with van der Waals surface area (Å²) in [5.74, 6) is 0. The molecule has 0 N–H and O–H groups in total. The number of piperazine rings is 1. The average Bonchev–Trinajstić information content (AvgIpc) is 2.63. The maximum atomic E-state index is 2.70. The lowest BCUT2D eigenvalue weighted by Gasteiger charge is -2.41. The third-order valence-corrected chi connectivity index (χ3v) is 6.11. The molecule has 2 aliphatic heterocycles. The number of likely N-dealkylation sites (N-methyl/N-ethyl adjacent to an activating group) is 1. The Morgan fingerprint density at radius 2 is 1.75 bits per heavy atom. The van der Waals surface area contributed by atoms with Crippen molar-refractivity contribution in [1.82, 2.24) is 14.7 Å². The minimum absolute atomic E-state index is 0.699. The Balaban J connectivity index is 1.38. The molecule has 3 rings (SSSR count). The van der Waals surface area contributed by atoms with E-state index in [9.17, 15) is 0 Å². The van der Waals surface area contributed by atoms with Gasteiger partial charge in [0, 0.05) is 44.8 Å². The topological polar surface area (TPSA) is 9.72 Å². The van der Waals surface area contributed by atoms with Gasteiger partial charge in [-0.15, -0.1) is 0 Å². The molecule has 1 aromatic carbocycles. The number of likely N-dealkylation sites (tertiary alicyclic amines) is 1. The first-order valence-corrected chi connectivity index (χ1v) is 9.93. The van der Waals surface area contributed by atoms with E-state index in [2.05, 4.69) is 59.0 Å². The van der Waals surface area contributed by atoms with E-state index in [1.165, 1.54) is 76.9 Å². The van der Waals surface area contributed by atoms with E-state index in [1.54, 1.807) is 0 Å². The number of hydrogen-bond acceptors (Lipinski definition) is 3. The number of benzene rings is 1. The number of nitrogens with zero attached hydrogens (tertiary/aromatic N) is 3. The Labute approximate surface area is 148 Å². The molecule has 134 valence electrons. The van der Waals surface area contributed by atoms with Gasteiger partial charge >= 0.3 is 0 Å². The molecule has 0 amide bonds. The van der Waals surface area contributed by atoms with Crippen molar-refractivity contribution in [2.24, 2.45) is 0 Å². The van der Waals surface area contributed by atoms with E-state index in [1.807, 2.05) is 0 Å². The van der Waals surface area contributed by atoms with Crippen LogP contribution in [0.15, 0.2) is 30.3 Å². The Kier molecular flexibility index (Phi) is 6.70. The molecule has 0 saturated carbocycles.